The van der Waals surface area contributed by atoms with Crippen LogP contribution in [0, 0.1) is 0 Å². The maximum Gasteiger partial charge on any atom is 0.270 e. The third kappa shape index (κ3) is 5.25. The minimum Gasteiger partial charge on any atom is -0.497 e. The molecule has 33 heavy (non-hydrogen) atoms. The second kappa shape index (κ2) is 9.72. The number of rotatable bonds is 7. The number of fused-ring (bicyclic) bond motifs is 3. The molecule has 4 aliphatic carbocycles. The predicted octanol–water partition coefficient (Wildman–Crippen LogP) is 2.27. The first-order chi connectivity index (χ1) is 15.7. The zero-order valence-electron chi connectivity index (χ0n) is 18.7. The zero-order valence-corrected chi connectivity index (χ0v) is 19.4. The monoisotopic (exact) mass is 483 g/mol. The molecule has 2 bridgehead atoms. The van der Waals surface area contributed by atoms with Crippen molar-refractivity contribution in [3.05, 3.63) is 24.0 Å². The number of carbonyl (C=O) groups is 2. The third-order valence-electron chi connectivity index (χ3n) is 7.38. The summed E-state index contributed by atoms with van der Waals surface area (Å²) >= 11 is 5.90. The molecule has 4 aliphatic rings. The lowest BCUT2D eigenvalue weighted by Crippen LogP contribution is -2.70. The highest BCUT2D eigenvalue weighted by atomic mass is 35.5. The molecule has 5 rings (SSSR count). The van der Waals surface area contributed by atoms with Crippen LogP contribution in [0.3, 0.4) is 0 Å². The van der Waals surface area contributed by atoms with Crippen LogP contribution in [0.15, 0.2) is 18.3 Å². The van der Waals surface area contributed by atoms with Crippen molar-refractivity contribution in [3.63, 3.8) is 0 Å². The van der Waals surface area contributed by atoms with Gasteiger partial charge in [0.15, 0.2) is 0 Å². The van der Waals surface area contributed by atoms with Gasteiger partial charge in [0.1, 0.15) is 24.2 Å². The predicted molar refractivity (Wildman–Crippen MR) is 119 cm³/mol. The summed E-state index contributed by atoms with van der Waals surface area (Å²) in [5.74, 6) is -0.0936. The van der Waals surface area contributed by atoms with Crippen LogP contribution in [0.25, 0.3) is 0 Å². The summed E-state index contributed by atoms with van der Waals surface area (Å²) in [5.41, 5.74) is -1.03. The van der Waals surface area contributed by atoms with E-state index in [1.54, 1.807) is 12.1 Å². The van der Waals surface area contributed by atoms with Gasteiger partial charge in [0, 0.05) is 24.2 Å². The first kappa shape index (κ1) is 24.2. The van der Waals surface area contributed by atoms with E-state index in [0.29, 0.717) is 50.7 Å². The Balaban J connectivity index is 1.30. The number of hydrogen-bond acceptors (Lipinski definition) is 6. The Kier molecular flexibility index (Phi) is 7.12. The smallest absolute Gasteiger partial charge is 0.270 e. The SMILES string of the molecule is COc1ccnc(C(=O)NC23CCC(NC(=O)COC4CCC(Cl)C(F)C4)(CC2)C(O)C3)c1. The van der Waals surface area contributed by atoms with E-state index < -0.39 is 28.7 Å². The summed E-state index contributed by atoms with van der Waals surface area (Å²) in [7, 11) is 1.52. The first-order valence-corrected chi connectivity index (χ1v) is 11.9. The molecule has 4 fully saturated rings. The number of aliphatic hydroxyl groups is 1. The summed E-state index contributed by atoms with van der Waals surface area (Å²) in [4.78, 5) is 29.5. The van der Waals surface area contributed by atoms with Crippen molar-refractivity contribution >= 4 is 23.4 Å². The fourth-order valence-electron chi connectivity index (χ4n) is 5.33. The molecule has 0 aromatic carbocycles. The Morgan fingerprint density at radius 1 is 1.27 bits per heavy atom. The molecule has 2 amide bonds. The highest BCUT2D eigenvalue weighted by Crippen LogP contribution is 2.47. The molecule has 1 heterocycles. The normalized spacial score (nSPS) is 35.6. The van der Waals surface area contributed by atoms with Crippen molar-refractivity contribution in [2.45, 2.75) is 86.2 Å². The van der Waals surface area contributed by atoms with Crippen LogP contribution in [0.2, 0.25) is 0 Å². The van der Waals surface area contributed by atoms with Gasteiger partial charge in [-0.15, -0.1) is 11.6 Å². The molecular formula is C23H31ClFN3O5. The number of nitrogens with zero attached hydrogens (tertiary/aromatic N) is 1. The van der Waals surface area contributed by atoms with E-state index in [2.05, 4.69) is 15.6 Å². The Hall–Kier alpha value is -1.97. The highest BCUT2D eigenvalue weighted by Gasteiger charge is 2.55. The summed E-state index contributed by atoms with van der Waals surface area (Å²) < 4.78 is 24.6. The lowest BCUT2D eigenvalue weighted by molar-refractivity contribution is -0.137. The van der Waals surface area contributed by atoms with E-state index in [0.717, 1.165) is 0 Å². The Labute approximate surface area is 197 Å². The number of pyridine rings is 1. The lowest BCUT2D eigenvalue weighted by Gasteiger charge is -2.56. The van der Waals surface area contributed by atoms with Gasteiger partial charge < -0.3 is 25.2 Å². The molecule has 8 nitrogen and oxygen atoms in total. The van der Waals surface area contributed by atoms with Crippen molar-refractivity contribution in [2.75, 3.05) is 13.7 Å². The second-order valence-corrected chi connectivity index (χ2v) is 10.1. The summed E-state index contributed by atoms with van der Waals surface area (Å²) in [6, 6.07) is 3.24. The molecule has 4 atom stereocenters. The van der Waals surface area contributed by atoms with Gasteiger partial charge in [-0.25, -0.2) is 4.39 Å². The van der Waals surface area contributed by atoms with Crippen molar-refractivity contribution in [2.24, 2.45) is 0 Å². The van der Waals surface area contributed by atoms with Crippen molar-refractivity contribution in [1.82, 2.24) is 15.6 Å². The molecule has 4 saturated carbocycles. The van der Waals surface area contributed by atoms with Gasteiger partial charge in [0.25, 0.3) is 5.91 Å². The summed E-state index contributed by atoms with van der Waals surface area (Å²) in [5, 5.41) is 16.5. The van der Waals surface area contributed by atoms with Gasteiger partial charge in [-0.2, -0.15) is 0 Å². The number of aliphatic hydroxyl groups excluding tert-OH is 1. The second-order valence-electron chi connectivity index (χ2n) is 9.52. The lowest BCUT2D eigenvalue weighted by atomic mass is 9.60. The maximum absolute atomic E-state index is 13.8. The van der Waals surface area contributed by atoms with Crippen molar-refractivity contribution < 1.29 is 28.6 Å². The number of methoxy groups -OCH3 is 1. The zero-order chi connectivity index (χ0) is 23.6. The fourth-order valence-corrected chi connectivity index (χ4v) is 5.56. The van der Waals surface area contributed by atoms with E-state index in [4.69, 9.17) is 21.1 Å². The van der Waals surface area contributed by atoms with Gasteiger partial charge in [0.2, 0.25) is 5.91 Å². The minimum atomic E-state index is -1.12. The standard InChI is InChI=1S/C23H31ClFN3O5/c1-32-14-4-9-26-18(11-14)21(31)28-22-5-7-23(8-6-22,19(29)12-22)27-20(30)13-33-15-2-3-16(24)17(25)10-15/h4,9,11,15-17,19,29H,2-3,5-8,10,12-13H2,1H3,(H,27,30)(H,28,31). The Morgan fingerprint density at radius 3 is 2.70 bits per heavy atom. The third-order valence-corrected chi connectivity index (χ3v) is 7.87. The Bertz CT molecular complexity index is 879. The average Bonchev–Trinajstić information content (AvgIpc) is 2.81. The number of ether oxygens (including phenoxy) is 2. The molecule has 0 spiro atoms. The van der Waals surface area contributed by atoms with Gasteiger partial charge in [0.05, 0.1) is 30.2 Å². The number of halogens is 2. The van der Waals surface area contributed by atoms with Crippen LogP contribution in [0.5, 0.6) is 5.75 Å². The highest BCUT2D eigenvalue weighted by molar-refractivity contribution is 6.21. The van der Waals surface area contributed by atoms with E-state index in [1.165, 1.54) is 13.3 Å². The van der Waals surface area contributed by atoms with E-state index in [-0.39, 0.29) is 36.6 Å². The van der Waals surface area contributed by atoms with Crippen molar-refractivity contribution in [1.29, 1.82) is 0 Å². The number of amides is 2. The molecule has 0 radical (unpaired) electrons. The summed E-state index contributed by atoms with van der Waals surface area (Å²) in [6.07, 6.45) is 3.28. The van der Waals surface area contributed by atoms with Crippen LogP contribution in [0.4, 0.5) is 4.39 Å². The molecule has 4 unspecified atom stereocenters. The number of aromatic nitrogens is 1. The molecule has 10 heteroatoms. The molecule has 0 aliphatic heterocycles. The summed E-state index contributed by atoms with van der Waals surface area (Å²) in [6.45, 7) is -0.178. The minimum absolute atomic E-state index is 0.178. The topological polar surface area (TPSA) is 110 Å². The molecule has 182 valence electrons. The molecule has 3 N–H and O–H groups in total. The van der Waals surface area contributed by atoms with Gasteiger partial charge in [-0.3, -0.25) is 14.6 Å². The maximum atomic E-state index is 13.8. The molecule has 0 saturated heterocycles. The molecular weight excluding hydrogens is 453 g/mol. The number of nitrogens with one attached hydrogen (secondary N) is 2. The van der Waals surface area contributed by atoms with E-state index >= 15 is 0 Å². The van der Waals surface area contributed by atoms with Crippen molar-refractivity contribution in [3.8, 4) is 5.75 Å². The van der Waals surface area contributed by atoms with Crippen LogP contribution in [-0.4, -0.2) is 70.5 Å². The van der Waals surface area contributed by atoms with Gasteiger partial charge >= 0.3 is 0 Å². The van der Waals surface area contributed by atoms with Gasteiger partial charge in [-0.1, -0.05) is 0 Å². The molecule has 1 aromatic heterocycles. The van der Waals surface area contributed by atoms with Crippen LogP contribution < -0.4 is 15.4 Å². The van der Waals surface area contributed by atoms with Crippen LogP contribution >= 0.6 is 11.6 Å². The number of hydrogen-bond donors (Lipinski definition) is 3. The largest absolute Gasteiger partial charge is 0.497 e. The average molecular weight is 484 g/mol. The fraction of sp³-hybridized carbons (Fsp3) is 0.696. The van der Waals surface area contributed by atoms with Crippen LogP contribution in [-0.2, 0) is 9.53 Å². The molecule has 1 aromatic rings. The van der Waals surface area contributed by atoms with E-state index in [9.17, 15) is 19.1 Å². The Morgan fingerprint density at radius 2 is 2.03 bits per heavy atom. The van der Waals surface area contributed by atoms with Gasteiger partial charge in [-0.05, 0) is 51.0 Å². The first-order valence-electron chi connectivity index (χ1n) is 11.5. The van der Waals surface area contributed by atoms with E-state index in [1.807, 2.05) is 0 Å². The van der Waals surface area contributed by atoms with Crippen LogP contribution in [0.1, 0.15) is 61.9 Å². The quantitative estimate of drug-likeness (QED) is 0.513. The number of alkyl halides is 2. The number of carbonyl (C=O) groups excluding carboxylic acids is 2.